The Balaban J connectivity index is 1.94. The van der Waals surface area contributed by atoms with Crippen LogP contribution in [0.2, 0.25) is 0 Å². The molecule has 2 rings (SSSR count). The smallest absolute Gasteiger partial charge is 0.176 e. The lowest BCUT2D eigenvalue weighted by atomic mass is 9.99. The maximum atomic E-state index is 12.2. The van der Waals surface area contributed by atoms with Gasteiger partial charge in [-0.3, -0.25) is 9.69 Å². The molecule has 0 N–H and O–H groups in total. The van der Waals surface area contributed by atoms with Crippen LogP contribution in [0.4, 0.5) is 0 Å². The van der Waals surface area contributed by atoms with E-state index in [1.54, 1.807) is 7.11 Å². The number of rotatable bonds is 4. The van der Waals surface area contributed by atoms with Crippen molar-refractivity contribution in [3.8, 4) is 5.75 Å². The van der Waals surface area contributed by atoms with E-state index in [-0.39, 0.29) is 5.78 Å². The number of piperidine rings is 1. The van der Waals surface area contributed by atoms with E-state index in [0.717, 1.165) is 30.3 Å². The van der Waals surface area contributed by atoms with Crippen LogP contribution in [0.15, 0.2) is 24.3 Å². The number of hydrogen-bond acceptors (Lipinski definition) is 3. The molecular weight excluding hydrogens is 226 g/mol. The zero-order chi connectivity index (χ0) is 13.0. The number of nitrogens with zero attached hydrogens (tertiary/aromatic N) is 1. The molecule has 0 unspecified atom stereocenters. The van der Waals surface area contributed by atoms with E-state index in [4.69, 9.17) is 4.74 Å². The van der Waals surface area contributed by atoms with Gasteiger partial charge >= 0.3 is 0 Å². The average molecular weight is 247 g/mol. The Labute approximate surface area is 109 Å². The second kappa shape index (κ2) is 6.01. The highest BCUT2D eigenvalue weighted by Gasteiger charge is 2.18. The van der Waals surface area contributed by atoms with Crippen LogP contribution in [0.1, 0.15) is 30.1 Å². The molecule has 1 aliphatic rings. The number of methoxy groups -OCH3 is 1. The molecule has 0 saturated carbocycles. The summed E-state index contributed by atoms with van der Waals surface area (Å²) in [6.07, 6.45) is 2.40. The van der Waals surface area contributed by atoms with Crippen LogP contribution in [0.25, 0.3) is 0 Å². The molecule has 1 heterocycles. The monoisotopic (exact) mass is 247 g/mol. The van der Waals surface area contributed by atoms with Gasteiger partial charge in [0.1, 0.15) is 5.75 Å². The van der Waals surface area contributed by atoms with Gasteiger partial charge in [-0.05, 0) is 44.0 Å². The Bertz CT molecular complexity index is 409. The highest BCUT2D eigenvalue weighted by Crippen LogP contribution is 2.17. The first kappa shape index (κ1) is 13.1. The van der Waals surface area contributed by atoms with Crippen molar-refractivity contribution in [2.45, 2.75) is 19.8 Å². The van der Waals surface area contributed by atoms with Gasteiger partial charge in [0.15, 0.2) is 5.78 Å². The maximum absolute atomic E-state index is 12.2. The van der Waals surface area contributed by atoms with Crippen LogP contribution >= 0.6 is 0 Å². The average Bonchev–Trinajstić information content (AvgIpc) is 2.41. The fourth-order valence-corrected chi connectivity index (χ4v) is 2.31. The molecule has 0 atom stereocenters. The van der Waals surface area contributed by atoms with E-state index < -0.39 is 0 Å². The van der Waals surface area contributed by atoms with Gasteiger partial charge in [-0.2, -0.15) is 0 Å². The molecular formula is C15H21NO2. The fraction of sp³-hybridized carbons (Fsp3) is 0.533. The third-order valence-electron chi connectivity index (χ3n) is 3.64. The first-order valence-corrected chi connectivity index (χ1v) is 6.58. The van der Waals surface area contributed by atoms with Crippen LogP contribution < -0.4 is 4.74 Å². The second-order valence-electron chi connectivity index (χ2n) is 5.11. The van der Waals surface area contributed by atoms with Crippen molar-refractivity contribution in [3.63, 3.8) is 0 Å². The summed E-state index contributed by atoms with van der Waals surface area (Å²) in [7, 11) is 1.62. The summed E-state index contributed by atoms with van der Waals surface area (Å²) in [5.74, 6) is 1.73. The number of likely N-dealkylation sites (tertiary alicyclic amines) is 1. The Morgan fingerprint density at radius 3 is 2.78 bits per heavy atom. The molecule has 1 aromatic rings. The predicted molar refractivity (Wildman–Crippen MR) is 72.2 cm³/mol. The van der Waals surface area contributed by atoms with Crippen molar-refractivity contribution in [2.24, 2.45) is 5.92 Å². The Hall–Kier alpha value is -1.35. The molecule has 0 aromatic heterocycles. The van der Waals surface area contributed by atoms with Crippen molar-refractivity contribution < 1.29 is 9.53 Å². The number of Topliss-reactive ketones (excluding diaryl/α,β-unsaturated/α-hetero) is 1. The van der Waals surface area contributed by atoms with E-state index in [0.29, 0.717) is 6.54 Å². The van der Waals surface area contributed by atoms with Crippen LogP contribution in [0.3, 0.4) is 0 Å². The number of hydrogen-bond donors (Lipinski definition) is 0. The van der Waals surface area contributed by atoms with Gasteiger partial charge in [-0.25, -0.2) is 0 Å². The van der Waals surface area contributed by atoms with E-state index in [1.165, 1.54) is 12.8 Å². The minimum atomic E-state index is 0.184. The van der Waals surface area contributed by atoms with Crippen molar-refractivity contribution in [1.29, 1.82) is 0 Å². The maximum Gasteiger partial charge on any atom is 0.176 e. The molecule has 1 fully saturated rings. The quantitative estimate of drug-likeness (QED) is 0.766. The summed E-state index contributed by atoms with van der Waals surface area (Å²) in [5.41, 5.74) is 0.743. The van der Waals surface area contributed by atoms with E-state index in [2.05, 4.69) is 11.8 Å². The summed E-state index contributed by atoms with van der Waals surface area (Å²) < 4.78 is 5.14. The number of ether oxygens (including phenoxy) is 1. The summed E-state index contributed by atoms with van der Waals surface area (Å²) >= 11 is 0. The zero-order valence-corrected chi connectivity index (χ0v) is 11.2. The third kappa shape index (κ3) is 3.33. The van der Waals surface area contributed by atoms with Gasteiger partial charge in [0.2, 0.25) is 0 Å². The highest BCUT2D eigenvalue weighted by atomic mass is 16.5. The predicted octanol–water partition coefficient (Wildman–Crippen LogP) is 2.61. The molecule has 0 spiro atoms. The lowest BCUT2D eigenvalue weighted by Gasteiger charge is -2.29. The van der Waals surface area contributed by atoms with Crippen molar-refractivity contribution in [3.05, 3.63) is 29.8 Å². The molecule has 3 heteroatoms. The van der Waals surface area contributed by atoms with Gasteiger partial charge in [-0.1, -0.05) is 19.1 Å². The molecule has 0 amide bonds. The Kier molecular flexibility index (Phi) is 4.37. The molecule has 1 aliphatic heterocycles. The number of benzene rings is 1. The largest absolute Gasteiger partial charge is 0.497 e. The molecule has 1 aromatic carbocycles. The fourth-order valence-electron chi connectivity index (χ4n) is 2.31. The number of ketones is 1. The SMILES string of the molecule is COc1cccc(C(=O)CN2CCC(C)CC2)c1. The van der Waals surface area contributed by atoms with Crippen molar-refractivity contribution >= 4 is 5.78 Å². The van der Waals surface area contributed by atoms with Gasteiger partial charge in [0, 0.05) is 5.56 Å². The molecule has 98 valence electrons. The molecule has 0 aliphatic carbocycles. The lowest BCUT2D eigenvalue weighted by Crippen LogP contribution is -2.36. The van der Waals surface area contributed by atoms with Crippen LogP contribution in [-0.4, -0.2) is 37.4 Å². The van der Waals surface area contributed by atoms with E-state index >= 15 is 0 Å². The zero-order valence-electron chi connectivity index (χ0n) is 11.2. The number of carbonyl (C=O) groups is 1. The topological polar surface area (TPSA) is 29.5 Å². The van der Waals surface area contributed by atoms with E-state index in [1.807, 2.05) is 24.3 Å². The van der Waals surface area contributed by atoms with Crippen LogP contribution in [0, 0.1) is 5.92 Å². The van der Waals surface area contributed by atoms with Crippen molar-refractivity contribution in [2.75, 3.05) is 26.7 Å². The standard InChI is InChI=1S/C15H21NO2/c1-12-6-8-16(9-7-12)11-15(17)13-4-3-5-14(10-13)18-2/h3-5,10,12H,6-9,11H2,1-2H3. The summed E-state index contributed by atoms with van der Waals surface area (Å²) in [4.78, 5) is 14.4. The minimum absolute atomic E-state index is 0.184. The van der Waals surface area contributed by atoms with E-state index in [9.17, 15) is 4.79 Å². The van der Waals surface area contributed by atoms with Gasteiger partial charge < -0.3 is 4.74 Å². The normalized spacial score (nSPS) is 17.7. The first-order chi connectivity index (χ1) is 8.69. The molecule has 0 radical (unpaired) electrons. The van der Waals surface area contributed by atoms with Crippen LogP contribution in [0.5, 0.6) is 5.75 Å². The van der Waals surface area contributed by atoms with Crippen LogP contribution in [-0.2, 0) is 0 Å². The number of carbonyl (C=O) groups excluding carboxylic acids is 1. The second-order valence-corrected chi connectivity index (χ2v) is 5.11. The van der Waals surface area contributed by atoms with Gasteiger partial charge in [-0.15, -0.1) is 0 Å². The first-order valence-electron chi connectivity index (χ1n) is 6.58. The molecule has 18 heavy (non-hydrogen) atoms. The molecule has 0 bridgehead atoms. The third-order valence-corrected chi connectivity index (χ3v) is 3.64. The molecule has 1 saturated heterocycles. The van der Waals surface area contributed by atoms with Gasteiger partial charge in [0.25, 0.3) is 0 Å². The summed E-state index contributed by atoms with van der Waals surface area (Å²) in [6, 6.07) is 7.40. The highest BCUT2D eigenvalue weighted by molar-refractivity contribution is 5.97. The van der Waals surface area contributed by atoms with Gasteiger partial charge in [0.05, 0.1) is 13.7 Å². The molecule has 3 nitrogen and oxygen atoms in total. The Morgan fingerprint density at radius 2 is 2.11 bits per heavy atom. The Morgan fingerprint density at radius 1 is 1.39 bits per heavy atom. The summed E-state index contributed by atoms with van der Waals surface area (Å²) in [5, 5.41) is 0. The van der Waals surface area contributed by atoms with Crippen molar-refractivity contribution in [1.82, 2.24) is 4.90 Å². The summed E-state index contributed by atoms with van der Waals surface area (Å²) in [6.45, 7) is 4.88. The lowest BCUT2D eigenvalue weighted by molar-refractivity contribution is 0.0899. The minimum Gasteiger partial charge on any atom is -0.497 e.